The zero-order valence-corrected chi connectivity index (χ0v) is 13.7. The van der Waals surface area contributed by atoms with Crippen molar-refractivity contribution >= 4 is 5.91 Å². The van der Waals surface area contributed by atoms with E-state index in [1.165, 1.54) is 0 Å². The van der Waals surface area contributed by atoms with E-state index < -0.39 is 0 Å². The van der Waals surface area contributed by atoms with Crippen LogP contribution in [0.2, 0.25) is 0 Å². The first-order valence-corrected chi connectivity index (χ1v) is 7.88. The molecule has 0 unspecified atom stereocenters. The first kappa shape index (κ1) is 16.9. The topological polar surface area (TPSA) is 80.5 Å². The van der Waals surface area contributed by atoms with Crippen LogP contribution < -0.4 is 5.32 Å². The normalized spacial score (nSPS) is 22.7. The van der Waals surface area contributed by atoms with Gasteiger partial charge >= 0.3 is 0 Å². The Labute approximate surface area is 131 Å². The number of nitrogens with zero attached hydrogens (tertiary/aromatic N) is 3. The summed E-state index contributed by atoms with van der Waals surface area (Å²) in [5.41, 5.74) is -0.301. The van der Waals surface area contributed by atoms with Gasteiger partial charge in [0.1, 0.15) is 6.61 Å². The Morgan fingerprint density at radius 1 is 1.55 bits per heavy atom. The molecule has 7 heteroatoms. The Hall–Kier alpha value is -1.47. The molecule has 124 valence electrons. The van der Waals surface area contributed by atoms with Gasteiger partial charge in [0, 0.05) is 26.6 Å². The Morgan fingerprint density at radius 3 is 3.09 bits per heavy atom. The molecule has 1 fully saturated rings. The predicted molar refractivity (Wildman–Crippen MR) is 81.2 cm³/mol. The van der Waals surface area contributed by atoms with Crippen LogP contribution in [0.4, 0.5) is 0 Å². The summed E-state index contributed by atoms with van der Waals surface area (Å²) in [6.45, 7) is 7.94. The molecule has 1 aromatic heterocycles. The van der Waals surface area contributed by atoms with Crippen molar-refractivity contribution in [3.8, 4) is 0 Å². The molecule has 0 aromatic carbocycles. The fourth-order valence-electron chi connectivity index (χ4n) is 2.88. The third-order valence-corrected chi connectivity index (χ3v) is 4.18. The van der Waals surface area contributed by atoms with Gasteiger partial charge in [0.05, 0.1) is 5.41 Å². The maximum atomic E-state index is 12.5. The smallest absolute Gasteiger partial charge is 0.228 e. The number of amides is 1. The first-order valence-electron chi connectivity index (χ1n) is 7.88. The maximum Gasteiger partial charge on any atom is 0.228 e. The van der Waals surface area contributed by atoms with Crippen LogP contribution in [0, 0.1) is 5.41 Å². The molecule has 0 saturated carbocycles. The van der Waals surface area contributed by atoms with Crippen LogP contribution in [-0.4, -0.2) is 54.2 Å². The molecule has 1 saturated heterocycles. The molecule has 0 aliphatic carbocycles. The molecule has 0 radical (unpaired) electrons. The highest BCUT2D eigenvalue weighted by Gasteiger charge is 2.37. The SMILES string of the molecule is CCN1CCC[C@@](C)(C(=O)NCCc2nc(COC)no2)C1. The summed E-state index contributed by atoms with van der Waals surface area (Å²) < 4.78 is 10.0. The lowest BCUT2D eigenvalue weighted by atomic mass is 9.81. The van der Waals surface area contributed by atoms with Gasteiger partial charge in [-0.15, -0.1) is 0 Å². The van der Waals surface area contributed by atoms with Gasteiger partial charge in [-0.3, -0.25) is 4.79 Å². The lowest BCUT2D eigenvalue weighted by molar-refractivity contribution is -0.133. The number of carbonyl (C=O) groups is 1. The number of hydrogen-bond donors (Lipinski definition) is 1. The first-order chi connectivity index (χ1) is 10.6. The van der Waals surface area contributed by atoms with Crippen LogP contribution in [0.5, 0.6) is 0 Å². The maximum absolute atomic E-state index is 12.5. The van der Waals surface area contributed by atoms with E-state index in [0.29, 0.717) is 31.3 Å². The van der Waals surface area contributed by atoms with Crippen LogP contribution in [0.15, 0.2) is 4.52 Å². The predicted octanol–water partition coefficient (Wildman–Crippen LogP) is 0.997. The molecule has 1 N–H and O–H groups in total. The molecule has 22 heavy (non-hydrogen) atoms. The molecule has 2 rings (SSSR count). The fraction of sp³-hybridized carbons (Fsp3) is 0.800. The number of piperidine rings is 1. The van der Waals surface area contributed by atoms with Gasteiger partial charge in [0.2, 0.25) is 11.8 Å². The number of likely N-dealkylation sites (tertiary alicyclic amines) is 1. The zero-order chi connectivity index (χ0) is 16.0. The molecular formula is C15H26N4O3. The molecule has 7 nitrogen and oxygen atoms in total. The van der Waals surface area contributed by atoms with Gasteiger partial charge in [-0.25, -0.2) is 0 Å². The second-order valence-corrected chi connectivity index (χ2v) is 6.08. The highest BCUT2D eigenvalue weighted by molar-refractivity contribution is 5.82. The van der Waals surface area contributed by atoms with Gasteiger partial charge in [-0.05, 0) is 32.9 Å². The molecule has 1 aromatic rings. The van der Waals surface area contributed by atoms with Crippen molar-refractivity contribution < 1.29 is 14.1 Å². The average molecular weight is 310 g/mol. The molecule has 0 spiro atoms. The van der Waals surface area contributed by atoms with E-state index in [9.17, 15) is 4.79 Å². The Bertz CT molecular complexity index is 491. The van der Waals surface area contributed by atoms with Crippen molar-refractivity contribution in [3.05, 3.63) is 11.7 Å². The quantitative estimate of drug-likeness (QED) is 0.809. The van der Waals surface area contributed by atoms with Crippen molar-refractivity contribution in [2.24, 2.45) is 5.41 Å². The number of nitrogens with one attached hydrogen (secondary N) is 1. The number of hydrogen-bond acceptors (Lipinski definition) is 6. The monoisotopic (exact) mass is 310 g/mol. The number of methoxy groups -OCH3 is 1. The van der Waals surface area contributed by atoms with Crippen molar-refractivity contribution in [2.45, 2.75) is 39.7 Å². The minimum atomic E-state index is -0.301. The average Bonchev–Trinajstić information content (AvgIpc) is 2.95. The van der Waals surface area contributed by atoms with E-state index in [0.717, 1.165) is 32.5 Å². The van der Waals surface area contributed by atoms with E-state index in [1.54, 1.807) is 7.11 Å². The lowest BCUT2D eigenvalue weighted by Gasteiger charge is -2.38. The van der Waals surface area contributed by atoms with Gasteiger partial charge in [-0.2, -0.15) is 4.98 Å². The second kappa shape index (κ2) is 7.69. The number of carbonyl (C=O) groups excluding carboxylic acids is 1. The summed E-state index contributed by atoms with van der Waals surface area (Å²) in [4.78, 5) is 19.0. The van der Waals surface area contributed by atoms with Crippen LogP contribution in [0.3, 0.4) is 0 Å². The molecule has 1 aliphatic heterocycles. The minimum Gasteiger partial charge on any atom is -0.377 e. The van der Waals surface area contributed by atoms with Gasteiger partial charge in [0.25, 0.3) is 0 Å². The largest absolute Gasteiger partial charge is 0.377 e. The summed E-state index contributed by atoms with van der Waals surface area (Å²) >= 11 is 0. The van der Waals surface area contributed by atoms with Crippen LogP contribution in [-0.2, 0) is 22.6 Å². The van der Waals surface area contributed by atoms with Crippen LogP contribution in [0.25, 0.3) is 0 Å². The highest BCUT2D eigenvalue weighted by atomic mass is 16.5. The summed E-state index contributed by atoms with van der Waals surface area (Å²) in [6, 6.07) is 0. The molecule has 0 bridgehead atoms. The summed E-state index contributed by atoms with van der Waals surface area (Å²) in [5.74, 6) is 1.17. The van der Waals surface area contributed by atoms with E-state index >= 15 is 0 Å². The van der Waals surface area contributed by atoms with Crippen molar-refractivity contribution in [1.82, 2.24) is 20.4 Å². The number of ether oxygens (including phenoxy) is 1. The van der Waals surface area contributed by atoms with Crippen molar-refractivity contribution in [2.75, 3.05) is 33.3 Å². The highest BCUT2D eigenvalue weighted by Crippen LogP contribution is 2.29. The third kappa shape index (κ3) is 4.27. The summed E-state index contributed by atoms with van der Waals surface area (Å²) in [7, 11) is 1.58. The Morgan fingerprint density at radius 2 is 2.36 bits per heavy atom. The zero-order valence-electron chi connectivity index (χ0n) is 13.7. The molecule has 1 amide bonds. The van der Waals surface area contributed by atoms with Gasteiger partial charge in [0.15, 0.2) is 5.82 Å². The van der Waals surface area contributed by atoms with E-state index in [1.807, 2.05) is 6.92 Å². The summed E-state index contributed by atoms with van der Waals surface area (Å²) in [5, 5.41) is 6.80. The minimum absolute atomic E-state index is 0.113. The molecule has 1 atom stereocenters. The molecular weight excluding hydrogens is 284 g/mol. The fourth-order valence-corrected chi connectivity index (χ4v) is 2.88. The number of rotatable bonds is 7. The summed E-state index contributed by atoms with van der Waals surface area (Å²) in [6.07, 6.45) is 2.55. The Balaban J connectivity index is 1.79. The van der Waals surface area contributed by atoms with E-state index in [-0.39, 0.29) is 11.3 Å². The lowest BCUT2D eigenvalue weighted by Crippen LogP contribution is -2.50. The van der Waals surface area contributed by atoms with E-state index in [2.05, 4.69) is 27.3 Å². The van der Waals surface area contributed by atoms with Crippen molar-refractivity contribution in [3.63, 3.8) is 0 Å². The second-order valence-electron chi connectivity index (χ2n) is 6.08. The van der Waals surface area contributed by atoms with Crippen molar-refractivity contribution in [1.29, 1.82) is 0 Å². The van der Waals surface area contributed by atoms with E-state index in [4.69, 9.17) is 9.26 Å². The Kier molecular flexibility index (Phi) is 5.90. The molecule has 1 aliphatic rings. The standard InChI is InChI=1S/C15H26N4O3/c1-4-19-9-5-7-15(2,11-19)14(20)16-8-6-13-17-12(10-21-3)18-22-13/h4-11H2,1-3H3,(H,16,20)/t15-/m1/s1. The van der Waals surface area contributed by atoms with Gasteiger partial charge < -0.3 is 19.5 Å². The van der Waals surface area contributed by atoms with Crippen LogP contribution >= 0.6 is 0 Å². The van der Waals surface area contributed by atoms with Gasteiger partial charge in [-0.1, -0.05) is 12.1 Å². The van der Waals surface area contributed by atoms with Crippen LogP contribution in [0.1, 0.15) is 38.4 Å². The number of aromatic nitrogens is 2. The molecule has 2 heterocycles. The third-order valence-electron chi connectivity index (χ3n) is 4.18.